The number of nitrogens with zero attached hydrogens (tertiary/aromatic N) is 3. The van der Waals surface area contributed by atoms with Gasteiger partial charge in [0.25, 0.3) is 0 Å². The Bertz CT molecular complexity index is 1270. The first-order valence-corrected chi connectivity index (χ1v) is 12.2. The highest BCUT2D eigenvalue weighted by Gasteiger charge is 2.28. The third-order valence-corrected chi connectivity index (χ3v) is 7.43. The molecular formula is C24H26N4O4S. The number of hydrogen-bond acceptors (Lipinski definition) is 5. The van der Waals surface area contributed by atoms with Gasteiger partial charge in [-0.25, -0.2) is 13.4 Å². The number of ether oxygens (including phenoxy) is 1. The second-order valence-electron chi connectivity index (χ2n) is 7.75. The number of methoxy groups -OCH3 is 1. The molecule has 0 saturated carbocycles. The van der Waals surface area contributed by atoms with Crippen molar-refractivity contribution in [2.75, 3.05) is 23.7 Å². The normalized spacial score (nSPS) is 16.1. The molecule has 2 heterocycles. The number of hydrogen-bond donors (Lipinski definition) is 1. The third-order valence-electron chi connectivity index (χ3n) is 5.56. The van der Waals surface area contributed by atoms with Crippen molar-refractivity contribution in [2.24, 2.45) is 7.05 Å². The third kappa shape index (κ3) is 4.93. The van der Waals surface area contributed by atoms with Gasteiger partial charge in [-0.05, 0) is 36.3 Å². The molecule has 1 fully saturated rings. The topological polar surface area (TPSA) is 93.5 Å². The summed E-state index contributed by atoms with van der Waals surface area (Å²) in [5.74, 6) is 1.22. The van der Waals surface area contributed by atoms with E-state index >= 15 is 0 Å². The number of carbonyl (C=O) groups excluding carboxylic acids is 1. The van der Waals surface area contributed by atoms with Gasteiger partial charge >= 0.3 is 0 Å². The highest BCUT2D eigenvalue weighted by Crippen LogP contribution is 2.29. The predicted octanol–water partition coefficient (Wildman–Crippen LogP) is 2.89. The Morgan fingerprint density at radius 3 is 2.58 bits per heavy atom. The molecule has 0 radical (unpaired) electrons. The van der Waals surface area contributed by atoms with E-state index < -0.39 is 16.1 Å². The molecule has 1 aliphatic heterocycles. The van der Waals surface area contributed by atoms with E-state index in [1.54, 1.807) is 43.6 Å². The molecule has 1 aromatic heterocycles. The molecule has 3 aromatic rings. The van der Waals surface area contributed by atoms with E-state index in [0.717, 1.165) is 11.1 Å². The van der Waals surface area contributed by atoms with E-state index in [4.69, 9.17) is 4.74 Å². The molecule has 1 saturated heterocycles. The molecule has 1 amide bonds. The maximum absolute atomic E-state index is 12.8. The van der Waals surface area contributed by atoms with Crippen LogP contribution in [0, 0.1) is 0 Å². The van der Waals surface area contributed by atoms with Gasteiger partial charge in [0, 0.05) is 37.6 Å². The first kappa shape index (κ1) is 22.6. The number of anilines is 1. The largest absolute Gasteiger partial charge is 0.496 e. The Morgan fingerprint density at radius 1 is 1.18 bits per heavy atom. The van der Waals surface area contributed by atoms with E-state index in [0.29, 0.717) is 30.2 Å². The number of imidazole rings is 1. The molecule has 1 atom stereocenters. The molecule has 0 aliphatic carbocycles. The Labute approximate surface area is 193 Å². The van der Waals surface area contributed by atoms with Crippen LogP contribution in [0.25, 0.3) is 6.08 Å². The fourth-order valence-electron chi connectivity index (χ4n) is 3.89. The van der Waals surface area contributed by atoms with Crippen LogP contribution in [0.3, 0.4) is 0 Å². The molecule has 0 spiro atoms. The molecule has 0 bridgehead atoms. The Kier molecular flexibility index (Phi) is 6.50. The van der Waals surface area contributed by atoms with Crippen molar-refractivity contribution in [1.82, 2.24) is 14.9 Å². The number of amides is 1. The lowest BCUT2D eigenvalue weighted by Crippen LogP contribution is -2.30. The van der Waals surface area contributed by atoms with Crippen LogP contribution in [0.2, 0.25) is 0 Å². The quantitative estimate of drug-likeness (QED) is 0.541. The number of sulfonamides is 1. The molecule has 1 N–H and O–H groups in total. The summed E-state index contributed by atoms with van der Waals surface area (Å²) in [6, 6.07) is 14.1. The standard InChI is InChI=1S/C24H26N4O4S/c1-27-16-14-25-24(27)23(20-6-3-4-7-21(20)32-2)26-22(29)13-10-18-8-11-19(12-9-18)28-15-5-17-33(28,30)31/h3-4,6-14,16,23H,5,15,17H2,1-2H3,(H,26,29)/b13-10+. The van der Waals surface area contributed by atoms with Crippen molar-refractivity contribution in [2.45, 2.75) is 12.5 Å². The van der Waals surface area contributed by atoms with Gasteiger partial charge in [-0.2, -0.15) is 0 Å². The van der Waals surface area contributed by atoms with Crippen LogP contribution < -0.4 is 14.4 Å². The molecule has 2 aromatic carbocycles. The van der Waals surface area contributed by atoms with Crippen LogP contribution >= 0.6 is 0 Å². The zero-order valence-corrected chi connectivity index (χ0v) is 19.3. The lowest BCUT2D eigenvalue weighted by Gasteiger charge is -2.20. The summed E-state index contributed by atoms with van der Waals surface area (Å²) in [6.45, 7) is 0.497. The van der Waals surface area contributed by atoms with Crippen molar-refractivity contribution < 1.29 is 17.9 Å². The van der Waals surface area contributed by atoms with Crippen LogP contribution in [-0.2, 0) is 21.9 Å². The second-order valence-corrected chi connectivity index (χ2v) is 9.76. The minimum atomic E-state index is -3.22. The number of benzene rings is 2. The fourth-order valence-corrected chi connectivity index (χ4v) is 5.45. The van der Waals surface area contributed by atoms with Crippen LogP contribution in [0.5, 0.6) is 5.75 Å². The number of rotatable bonds is 7. The van der Waals surface area contributed by atoms with Gasteiger partial charge in [-0.15, -0.1) is 0 Å². The number of carbonyl (C=O) groups is 1. The van der Waals surface area contributed by atoms with Gasteiger partial charge in [0.2, 0.25) is 15.9 Å². The minimum Gasteiger partial charge on any atom is -0.496 e. The first-order valence-electron chi connectivity index (χ1n) is 10.6. The van der Waals surface area contributed by atoms with E-state index in [2.05, 4.69) is 10.3 Å². The van der Waals surface area contributed by atoms with Crippen molar-refractivity contribution >= 4 is 27.7 Å². The lowest BCUT2D eigenvalue weighted by molar-refractivity contribution is -0.117. The van der Waals surface area contributed by atoms with Gasteiger partial charge < -0.3 is 14.6 Å². The van der Waals surface area contributed by atoms with Crippen LogP contribution in [-0.4, -0.2) is 43.3 Å². The SMILES string of the molecule is COc1ccccc1C(NC(=O)/C=C/c1ccc(N2CCCS2(=O)=O)cc1)c1nccn1C. The molecular weight excluding hydrogens is 440 g/mol. The summed E-state index contributed by atoms with van der Waals surface area (Å²) in [4.78, 5) is 17.2. The van der Waals surface area contributed by atoms with Gasteiger partial charge in [0.15, 0.2) is 0 Å². The van der Waals surface area contributed by atoms with E-state index in [9.17, 15) is 13.2 Å². The molecule has 1 aliphatic rings. The number of nitrogens with one attached hydrogen (secondary N) is 1. The number of aromatic nitrogens is 2. The summed E-state index contributed by atoms with van der Waals surface area (Å²) in [6.07, 6.45) is 7.28. The number of aryl methyl sites for hydroxylation is 1. The average molecular weight is 467 g/mol. The minimum absolute atomic E-state index is 0.179. The molecule has 8 nitrogen and oxygen atoms in total. The zero-order valence-electron chi connectivity index (χ0n) is 18.5. The van der Waals surface area contributed by atoms with Gasteiger partial charge in [-0.1, -0.05) is 30.3 Å². The molecule has 4 rings (SSSR count). The van der Waals surface area contributed by atoms with Crippen molar-refractivity contribution in [3.63, 3.8) is 0 Å². The Morgan fingerprint density at radius 2 is 1.94 bits per heavy atom. The van der Waals surface area contributed by atoms with Gasteiger partial charge in [-0.3, -0.25) is 9.10 Å². The number of para-hydroxylation sites is 1. The molecule has 33 heavy (non-hydrogen) atoms. The summed E-state index contributed by atoms with van der Waals surface area (Å²) >= 11 is 0. The fraction of sp³-hybridized carbons (Fsp3) is 0.250. The van der Waals surface area contributed by atoms with Crippen molar-refractivity contribution in [3.8, 4) is 5.75 Å². The second kappa shape index (κ2) is 9.50. The van der Waals surface area contributed by atoms with Crippen molar-refractivity contribution in [1.29, 1.82) is 0 Å². The summed E-state index contributed by atoms with van der Waals surface area (Å²) in [5, 5.41) is 3.01. The average Bonchev–Trinajstić information content (AvgIpc) is 3.40. The monoisotopic (exact) mass is 466 g/mol. The smallest absolute Gasteiger partial charge is 0.244 e. The summed E-state index contributed by atoms with van der Waals surface area (Å²) in [5.41, 5.74) is 2.23. The molecule has 1 unspecified atom stereocenters. The van der Waals surface area contributed by atoms with Gasteiger partial charge in [0.1, 0.15) is 17.6 Å². The van der Waals surface area contributed by atoms with E-state index in [-0.39, 0.29) is 11.7 Å². The highest BCUT2D eigenvalue weighted by atomic mass is 32.2. The van der Waals surface area contributed by atoms with Crippen LogP contribution in [0.15, 0.2) is 67.0 Å². The van der Waals surface area contributed by atoms with Crippen LogP contribution in [0.4, 0.5) is 5.69 Å². The summed E-state index contributed by atoms with van der Waals surface area (Å²) < 4.78 is 33.0. The Balaban J connectivity index is 1.51. The zero-order chi connectivity index (χ0) is 23.4. The molecule has 172 valence electrons. The maximum atomic E-state index is 12.8. The van der Waals surface area contributed by atoms with Crippen molar-refractivity contribution in [3.05, 3.63) is 84.0 Å². The van der Waals surface area contributed by atoms with Gasteiger partial charge in [0.05, 0.1) is 18.6 Å². The first-order chi connectivity index (χ1) is 15.9. The van der Waals surface area contributed by atoms with E-state index in [1.165, 1.54) is 10.4 Å². The maximum Gasteiger partial charge on any atom is 0.244 e. The molecule has 9 heteroatoms. The van der Waals surface area contributed by atoms with E-state index in [1.807, 2.05) is 42.1 Å². The van der Waals surface area contributed by atoms with Crippen LogP contribution in [0.1, 0.15) is 29.4 Å². The summed E-state index contributed by atoms with van der Waals surface area (Å²) in [7, 11) is 0.244. The Hall–Kier alpha value is -3.59. The lowest BCUT2D eigenvalue weighted by atomic mass is 10.0. The predicted molar refractivity (Wildman–Crippen MR) is 127 cm³/mol. The highest BCUT2D eigenvalue weighted by molar-refractivity contribution is 7.93.